The molecule has 7 heteroatoms. The average Bonchev–Trinajstić information content (AvgIpc) is 3.26. The molecule has 1 aromatic heterocycles. The van der Waals surface area contributed by atoms with Crippen LogP contribution in [0.5, 0.6) is 11.5 Å². The van der Waals surface area contributed by atoms with Crippen molar-refractivity contribution in [2.75, 3.05) is 5.32 Å². The highest BCUT2D eigenvalue weighted by Gasteiger charge is 2.08. The van der Waals surface area contributed by atoms with E-state index in [1.165, 1.54) is 16.6 Å². The molecule has 0 aliphatic heterocycles. The van der Waals surface area contributed by atoms with E-state index in [1.54, 1.807) is 30.3 Å². The molecule has 0 aliphatic carbocycles. The molecule has 4 aromatic rings. The molecule has 0 saturated carbocycles. The van der Waals surface area contributed by atoms with E-state index in [2.05, 4.69) is 20.8 Å². The third-order valence-corrected chi connectivity index (χ3v) is 4.09. The molecule has 7 nitrogen and oxygen atoms in total. The highest BCUT2D eigenvalue weighted by atomic mass is 16.5. The average molecular weight is 371 g/mol. The second-order valence-corrected chi connectivity index (χ2v) is 6.20. The van der Waals surface area contributed by atoms with Crippen molar-refractivity contribution in [2.45, 2.75) is 6.92 Å². The first-order valence-electron chi connectivity index (χ1n) is 8.67. The first-order valence-corrected chi connectivity index (χ1v) is 8.67. The van der Waals surface area contributed by atoms with Gasteiger partial charge in [-0.05, 0) is 71.9 Å². The van der Waals surface area contributed by atoms with Crippen LogP contribution in [0.1, 0.15) is 15.9 Å². The van der Waals surface area contributed by atoms with Crippen LogP contribution in [0.4, 0.5) is 5.69 Å². The number of tetrazole rings is 1. The Morgan fingerprint density at radius 3 is 2.36 bits per heavy atom. The van der Waals surface area contributed by atoms with Gasteiger partial charge in [0.25, 0.3) is 5.91 Å². The van der Waals surface area contributed by atoms with Crippen LogP contribution in [0.3, 0.4) is 0 Å². The molecule has 28 heavy (non-hydrogen) atoms. The molecule has 1 N–H and O–H groups in total. The quantitative estimate of drug-likeness (QED) is 0.573. The number of hydrogen-bond donors (Lipinski definition) is 1. The van der Waals surface area contributed by atoms with Gasteiger partial charge < -0.3 is 10.1 Å². The van der Waals surface area contributed by atoms with Crippen LogP contribution in [0.25, 0.3) is 5.69 Å². The number of aromatic nitrogens is 4. The number of benzene rings is 3. The van der Waals surface area contributed by atoms with E-state index in [1.807, 2.05) is 49.4 Å². The van der Waals surface area contributed by atoms with Gasteiger partial charge in [-0.3, -0.25) is 4.79 Å². The number of rotatable bonds is 5. The Kier molecular flexibility index (Phi) is 4.79. The third kappa shape index (κ3) is 4.04. The zero-order valence-corrected chi connectivity index (χ0v) is 15.1. The second-order valence-electron chi connectivity index (χ2n) is 6.20. The van der Waals surface area contributed by atoms with Gasteiger partial charge in [0.15, 0.2) is 0 Å². The van der Waals surface area contributed by atoms with Gasteiger partial charge in [-0.25, -0.2) is 4.68 Å². The number of hydrogen-bond acceptors (Lipinski definition) is 5. The number of carbonyl (C=O) groups is 1. The number of ether oxygens (including phenoxy) is 1. The Morgan fingerprint density at radius 1 is 0.964 bits per heavy atom. The fourth-order valence-electron chi connectivity index (χ4n) is 2.62. The lowest BCUT2D eigenvalue weighted by molar-refractivity contribution is 0.102. The van der Waals surface area contributed by atoms with Crippen molar-refractivity contribution < 1.29 is 9.53 Å². The maximum Gasteiger partial charge on any atom is 0.255 e. The van der Waals surface area contributed by atoms with Crippen molar-refractivity contribution in [1.29, 1.82) is 0 Å². The Bertz CT molecular complexity index is 1070. The largest absolute Gasteiger partial charge is 0.457 e. The van der Waals surface area contributed by atoms with Crippen LogP contribution in [0.2, 0.25) is 0 Å². The van der Waals surface area contributed by atoms with Crippen molar-refractivity contribution in [1.82, 2.24) is 20.2 Å². The van der Waals surface area contributed by atoms with Gasteiger partial charge in [-0.1, -0.05) is 23.8 Å². The Morgan fingerprint density at radius 2 is 1.68 bits per heavy atom. The first-order chi connectivity index (χ1) is 13.7. The van der Waals surface area contributed by atoms with E-state index in [0.29, 0.717) is 22.7 Å². The summed E-state index contributed by atoms with van der Waals surface area (Å²) in [5.41, 5.74) is 3.07. The predicted molar refractivity (Wildman–Crippen MR) is 105 cm³/mol. The maximum atomic E-state index is 12.5. The fraction of sp³-hybridized carbons (Fsp3) is 0.0476. The van der Waals surface area contributed by atoms with Crippen LogP contribution >= 0.6 is 0 Å². The molecule has 0 unspecified atom stereocenters. The van der Waals surface area contributed by atoms with Crippen LogP contribution in [-0.2, 0) is 0 Å². The summed E-state index contributed by atoms with van der Waals surface area (Å²) in [5.74, 6) is 1.24. The highest BCUT2D eigenvalue weighted by Crippen LogP contribution is 2.23. The molecular formula is C21H17N5O2. The summed E-state index contributed by atoms with van der Waals surface area (Å²) in [4.78, 5) is 12.5. The minimum absolute atomic E-state index is 0.220. The number of carbonyl (C=O) groups excluding carboxylic acids is 1. The van der Waals surface area contributed by atoms with Gasteiger partial charge >= 0.3 is 0 Å². The van der Waals surface area contributed by atoms with Gasteiger partial charge in [-0.15, -0.1) is 5.10 Å². The zero-order chi connectivity index (χ0) is 19.3. The standard InChI is InChI=1S/C21H17N5O2/c1-15-5-9-19(10-6-15)28-20-11-7-17(8-12-20)23-21(27)16-3-2-4-18(13-16)26-14-22-24-25-26/h2-14H,1H3,(H,23,27). The summed E-state index contributed by atoms with van der Waals surface area (Å²) in [5, 5.41) is 13.9. The third-order valence-electron chi connectivity index (χ3n) is 4.09. The molecule has 1 heterocycles. The molecule has 0 saturated heterocycles. The normalized spacial score (nSPS) is 10.5. The summed E-state index contributed by atoms with van der Waals surface area (Å²) in [7, 11) is 0. The van der Waals surface area contributed by atoms with Crippen molar-refractivity contribution in [3.8, 4) is 17.2 Å². The van der Waals surface area contributed by atoms with E-state index in [9.17, 15) is 4.79 Å². The summed E-state index contributed by atoms with van der Waals surface area (Å²) >= 11 is 0. The maximum absolute atomic E-state index is 12.5. The topological polar surface area (TPSA) is 81.9 Å². The Balaban J connectivity index is 1.43. The van der Waals surface area contributed by atoms with Crippen molar-refractivity contribution in [2.24, 2.45) is 0 Å². The Labute approximate surface area is 161 Å². The SMILES string of the molecule is Cc1ccc(Oc2ccc(NC(=O)c3cccc(-n4cnnn4)c3)cc2)cc1. The van der Waals surface area contributed by atoms with Gasteiger partial charge in [0.1, 0.15) is 17.8 Å². The molecule has 138 valence electrons. The molecule has 1 amide bonds. The Hall–Kier alpha value is -4.00. The molecule has 0 aliphatic rings. The number of nitrogens with zero attached hydrogens (tertiary/aromatic N) is 4. The monoisotopic (exact) mass is 371 g/mol. The van der Waals surface area contributed by atoms with Crippen molar-refractivity contribution >= 4 is 11.6 Å². The minimum Gasteiger partial charge on any atom is -0.457 e. The summed E-state index contributed by atoms with van der Waals surface area (Å²) < 4.78 is 7.29. The van der Waals surface area contributed by atoms with Gasteiger partial charge in [0.2, 0.25) is 0 Å². The van der Waals surface area contributed by atoms with Crippen LogP contribution in [-0.4, -0.2) is 26.1 Å². The summed E-state index contributed by atoms with van der Waals surface area (Å²) in [6, 6.07) is 22.1. The fourth-order valence-corrected chi connectivity index (χ4v) is 2.62. The van der Waals surface area contributed by atoms with Gasteiger partial charge in [0.05, 0.1) is 5.69 Å². The van der Waals surface area contributed by atoms with Gasteiger partial charge in [-0.2, -0.15) is 0 Å². The molecular weight excluding hydrogens is 354 g/mol. The molecule has 4 rings (SSSR count). The molecule has 0 bridgehead atoms. The lowest BCUT2D eigenvalue weighted by Gasteiger charge is -2.09. The molecule has 0 spiro atoms. The lowest BCUT2D eigenvalue weighted by Crippen LogP contribution is -2.12. The number of nitrogens with one attached hydrogen (secondary N) is 1. The van der Waals surface area contributed by atoms with Crippen molar-refractivity contribution in [3.05, 3.63) is 90.3 Å². The predicted octanol–water partition coefficient (Wildman–Crippen LogP) is 4.02. The number of amides is 1. The summed E-state index contributed by atoms with van der Waals surface area (Å²) in [6.07, 6.45) is 1.48. The molecule has 3 aromatic carbocycles. The van der Waals surface area contributed by atoms with Gasteiger partial charge in [0, 0.05) is 11.3 Å². The lowest BCUT2D eigenvalue weighted by atomic mass is 10.2. The minimum atomic E-state index is -0.220. The summed E-state index contributed by atoms with van der Waals surface area (Å²) in [6.45, 7) is 2.03. The first kappa shape index (κ1) is 17.4. The second kappa shape index (κ2) is 7.71. The van der Waals surface area contributed by atoms with Crippen LogP contribution in [0.15, 0.2) is 79.1 Å². The van der Waals surface area contributed by atoms with E-state index in [4.69, 9.17) is 4.74 Å². The zero-order valence-electron chi connectivity index (χ0n) is 15.1. The smallest absolute Gasteiger partial charge is 0.255 e. The number of aryl methyl sites for hydroxylation is 1. The van der Waals surface area contributed by atoms with E-state index >= 15 is 0 Å². The number of anilines is 1. The molecule has 0 radical (unpaired) electrons. The highest BCUT2D eigenvalue weighted by molar-refractivity contribution is 6.04. The van der Waals surface area contributed by atoms with Crippen LogP contribution < -0.4 is 10.1 Å². The van der Waals surface area contributed by atoms with E-state index < -0.39 is 0 Å². The van der Waals surface area contributed by atoms with Crippen LogP contribution in [0, 0.1) is 6.92 Å². The molecule has 0 fully saturated rings. The van der Waals surface area contributed by atoms with Crippen molar-refractivity contribution in [3.63, 3.8) is 0 Å². The molecule has 0 atom stereocenters. The van der Waals surface area contributed by atoms with E-state index in [-0.39, 0.29) is 5.91 Å². The van der Waals surface area contributed by atoms with E-state index in [0.717, 1.165) is 5.75 Å².